The SMILES string of the molecule is CC1CC23O[C@]1(C)[C@@H](C(=O)Nc1ccccc1)[C@H]2C(=O)N([C@@H](CO)Cc1ccccc1)C3C(=O)Nc1ccc(Cl)cc1. The van der Waals surface area contributed by atoms with Gasteiger partial charge < -0.3 is 25.4 Å². The molecular formula is C33H34ClN3O5. The lowest BCUT2D eigenvalue weighted by molar-refractivity contribution is -0.147. The Morgan fingerprint density at radius 1 is 0.976 bits per heavy atom. The number of halogens is 1. The van der Waals surface area contributed by atoms with Gasteiger partial charge >= 0.3 is 0 Å². The third-order valence-electron chi connectivity index (χ3n) is 9.35. The van der Waals surface area contributed by atoms with Crippen LogP contribution in [0.5, 0.6) is 0 Å². The van der Waals surface area contributed by atoms with Gasteiger partial charge in [0.2, 0.25) is 17.7 Å². The lowest BCUT2D eigenvalue weighted by Gasteiger charge is -2.37. The number of fused-ring (bicyclic) bond motifs is 1. The number of hydrogen-bond donors (Lipinski definition) is 3. The zero-order valence-electron chi connectivity index (χ0n) is 23.5. The van der Waals surface area contributed by atoms with Crippen LogP contribution in [0.25, 0.3) is 0 Å². The summed E-state index contributed by atoms with van der Waals surface area (Å²) >= 11 is 6.06. The molecule has 9 heteroatoms. The number of hydrogen-bond acceptors (Lipinski definition) is 5. The third-order valence-corrected chi connectivity index (χ3v) is 9.61. The number of ether oxygens (including phenoxy) is 1. The third kappa shape index (κ3) is 4.58. The van der Waals surface area contributed by atoms with Crippen LogP contribution in [0.2, 0.25) is 5.02 Å². The van der Waals surface area contributed by atoms with Crippen molar-refractivity contribution in [3.05, 3.63) is 95.5 Å². The number of rotatable bonds is 8. The largest absolute Gasteiger partial charge is 0.394 e. The molecule has 6 rings (SSSR count). The Bertz CT molecular complexity index is 1490. The number of carbonyl (C=O) groups excluding carboxylic acids is 3. The Hall–Kier alpha value is -3.72. The van der Waals surface area contributed by atoms with Crippen LogP contribution in [0, 0.1) is 17.8 Å². The van der Waals surface area contributed by atoms with E-state index >= 15 is 0 Å². The first-order valence-electron chi connectivity index (χ1n) is 14.3. The molecule has 2 bridgehead atoms. The van der Waals surface area contributed by atoms with E-state index in [1.54, 1.807) is 36.4 Å². The molecule has 218 valence electrons. The second kappa shape index (κ2) is 10.8. The zero-order valence-corrected chi connectivity index (χ0v) is 24.3. The summed E-state index contributed by atoms with van der Waals surface area (Å²) < 4.78 is 6.80. The fourth-order valence-electron chi connectivity index (χ4n) is 7.39. The van der Waals surface area contributed by atoms with Crippen molar-refractivity contribution in [1.29, 1.82) is 0 Å². The van der Waals surface area contributed by atoms with Gasteiger partial charge in [-0.2, -0.15) is 0 Å². The molecule has 3 saturated heterocycles. The van der Waals surface area contributed by atoms with Crippen molar-refractivity contribution in [2.45, 2.75) is 50.0 Å². The van der Waals surface area contributed by atoms with Gasteiger partial charge in [-0.1, -0.05) is 67.1 Å². The first-order chi connectivity index (χ1) is 20.2. The summed E-state index contributed by atoms with van der Waals surface area (Å²) in [5, 5.41) is 17.1. The summed E-state index contributed by atoms with van der Waals surface area (Å²) in [4.78, 5) is 44.2. The van der Waals surface area contributed by atoms with Crippen LogP contribution in [-0.2, 0) is 25.5 Å². The maximum atomic E-state index is 14.5. The molecule has 3 aliphatic rings. The van der Waals surface area contributed by atoms with E-state index in [0.717, 1.165) is 5.56 Å². The molecule has 0 aromatic heterocycles. The molecule has 7 atom stereocenters. The van der Waals surface area contributed by atoms with Gasteiger partial charge in [0, 0.05) is 16.4 Å². The molecule has 3 heterocycles. The van der Waals surface area contributed by atoms with E-state index in [-0.39, 0.29) is 24.3 Å². The molecule has 0 radical (unpaired) electrons. The minimum absolute atomic E-state index is 0.111. The smallest absolute Gasteiger partial charge is 0.250 e. The molecule has 3 unspecified atom stereocenters. The quantitative estimate of drug-likeness (QED) is 0.359. The fourth-order valence-corrected chi connectivity index (χ4v) is 7.52. The standard InChI is InChI=1S/C33H34ClN3O5/c1-20-18-33-27(26(32(20,2)42-33)29(39)35-23-11-7-4-8-12-23)31(41)37(25(19-38)17-21-9-5-3-6-10-21)28(33)30(40)36-24-15-13-22(34)14-16-24/h3-16,20,25-28,38H,17-19H2,1-2H3,(H,35,39)(H,36,40)/t20?,25-,26-,27+,28?,32+,33?/m1/s1. The molecule has 3 aromatic rings. The molecule has 3 fully saturated rings. The van der Waals surface area contributed by atoms with E-state index in [9.17, 15) is 19.5 Å². The maximum Gasteiger partial charge on any atom is 0.250 e. The average molecular weight is 588 g/mol. The van der Waals surface area contributed by atoms with Crippen LogP contribution >= 0.6 is 11.6 Å². The van der Waals surface area contributed by atoms with E-state index < -0.39 is 41.0 Å². The summed E-state index contributed by atoms with van der Waals surface area (Å²) in [7, 11) is 0. The highest BCUT2D eigenvalue weighted by Crippen LogP contribution is 2.65. The van der Waals surface area contributed by atoms with Crippen LogP contribution in [0.4, 0.5) is 11.4 Å². The van der Waals surface area contributed by atoms with E-state index in [2.05, 4.69) is 10.6 Å². The summed E-state index contributed by atoms with van der Waals surface area (Å²) in [5.74, 6) is -2.95. The molecular weight excluding hydrogens is 554 g/mol. The molecule has 3 amide bonds. The summed E-state index contributed by atoms with van der Waals surface area (Å²) in [6.45, 7) is 3.52. The van der Waals surface area contributed by atoms with E-state index in [1.807, 2.05) is 62.4 Å². The topological polar surface area (TPSA) is 108 Å². The summed E-state index contributed by atoms with van der Waals surface area (Å²) in [6, 6.07) is 23.6. The number of likely N-dealkylation sites (tertiary alicyclic amines) is 1. The highest BCUT2D eigenvalue weighted by atomic mass is 35.5. The second-order valence-corrected chi connectivity index (χ2v) is 12.3. The molecule has 3 aliphatic heterocycles. The number of aliphatic hydroxyl groups is 1. The first-order valence-corrected chi connectivity index (χ1v) is 14.6. The number of carbonyl (C=O) groups is 3. The number of aliphatic hydroxyl groups excluding tert-OH is 1. The van der Waals surface area contributed by atoms with Gasteiger partial charge in [-0.25, -0.2) is 0 Å². The minimum Gasteiger partial charge on any atom is -0.394 e. The predicted octanol–water partition coefficient (Wildman–Crippen LogP) is 4.53. The highest BCUT2D eigenvalue weighted by Gasteiger charge is 2.80. The van der Waals surface area contributed by atoms with E-state index in [4.69, 9.17) is 16.3 Å². The van der Waals surface area contributed by atoms with Crippen LogP contribution in [-0.4, -0.2) is 57.6 Å². The number of benzene rings is 3. The number of anilines is 2. The molecule has 1 spiro atoms. The maximum absolute atomic E-state index is 14.5. The Morgan fingerprint density at radius 3 is 2.21 bits per heavy atom. The minimum atomic E-state index is -1.25. The lowest BCUT2D eigenvalue weighted by Crippen LogP contribution is -2.57. The van der Waals surface area contributed by atoms with Gasteiger partial charge in [0.25, 0.3) is 0 Å². The fraction of sp³-hybridized carbons (Fsp3) is 0.364. The van der Waals surface area contributed by atoms with Crippen molar-refractivity contribution >= 4 is 40.7 Å². The molecule has 42 heavy (non-hydrogen) atoms. The van der Waals surface area contributed by atoms with Gasteiger partial charge in [0.15, 0.2) is 0 Å². The van der Waals surface area contributed by atoms with Crippen LogP contribution in [0.1, 0.15) is 25.8 Å². The van der Waals surface area contributed by atoms with Gasteiger partial charge in [-0.15, -0.1) is 0 Å². The highest BCUT2D eigenvalue weighted by molar-refractivity contribution is 6.30. The first kappa shape index (κ1) is 28.4. The molecule has 3 N–H and O–H groups in total. The van der Waals surface area contributed by atoms with Crippen LogP contribution in [0.15, 0.2) is 84.9 Å². The molecule has 8 nitrogen and oxygen atoms in total. The zero-order chi connectivity index (χ0) is 29.6. The Morgan fingerprint density at radius 2 is 1.57 bits per heavy atom. The lowest BCUT2D eigenvalue weighted by atomic mass is 9.62. The van der Waals surface area contributed by atoms with Crippen molar-refractivity contribution < 1.29 is 24.2 Å². The van der Waals surface area contributed by atoms with Crippen LogP contribution in [0.3, 0.4) is 0 Å². The Balaban J connectivity index is 1.42. The Labute approximate surface area is 250 Å². The van der Waals surface area contributed by atoms with Crippen molar-refractivity contribution in [1.82, 2.24) is 4.90 Å². The molecule has 0 aliphatic carbocycles. The van der Waals surface area contributed by atoms with Gasteiger partial charge in [0.1, 0.15) is 11.6 Å². The van der Waals surface area contributed by atoms with Crippen molar-refractivity contribution in [2.75, 3.05) is 17.2 Å². The van der Waals surface area contributed by atoms with Crippen molar-refractivity contribution in [3.63, 3.8) is 0 Å². The summed E-state index contributed by atoms with van der Waals surface area (Å²) in [6.07, 6.45) is 0.762. The Kier molecular flexibility index (Phi) is 7.33. The van der Waals surface area contributed by atoms with Gasteiger partial charge in [-0.05, 0) is 67.6 Å². The molecule has 0 saturated carbocycles. The average Bonchev–Trinajstić information content (AvgIpc) is 3.50. The van der Waals surface area contributed by atoms with Gasteiger partial charge in [0.05, 0.1) is 30.1 Å². The predicted molar refractivity (Wildman–Crippen MR) is 160 cm³/mol. The van der Waals surface area contributed by atoms with Crippen molar-refractivity contribution in [2.24, 2.45) is 17.8 Å². The monoisotopic (exact) mass is 587 g/mol. The number of nitrogens with zero attached hydrogens (tertiary/aromatic N) is 1. The normalized spacial score (nSPS) is 30.2. The van der Waals surface area contributed by atoms with Gasteiger partial charge in [-0.3, -0.25) is 14.4 Å². The second-order valence-electron chi connectivity index (χ2n) is 11.8. The summed E-state index contributed by atoms with van der Waals surface area (Å²) in [5.41, 5.74) is -0.152. The van der Waals surface area contributed by atoms with E-state index in [1.165, 1.54) is 4.90 Å². The van der Waals surface area contributed by atoms with E-state index in [0.29, 0.717) is 29.2 Å². The number of nitrogens with one attached hydrogen (secondary N) is 2. The molecule has 3 aromatic carbocycles. The van der Waals surface area contributed by atoms with Crippen molar-refractivity contribution in [3.8, 4) is 0 Å². The number of amides is 3. The van der Waals surface area contributed by atoms with Crippen LogP contribution < -0.4 is 10.6 Å². The number of para-hydroxylation sites is 1.